The summed E-state index contributed by atoms with van der Waals surface area (Å²) < 4.78 is 3.79. The molecule has 4 aromatic rings. The van der Waals surface area contributed by atoms with E-state index in [9.17, 15) is 0 Å². The summed E-state index contributed by atoms with van der Waals surface area (Å²) in [6.45, 7) is 2.92. The highest BCUT2D eigenvalue weighted by Crippen LogP contribution is 2.27. The number of hydrogen-bond acceptors (Lipinski definition) is 3. The first-order valence-electron chi connectivity index (χ1n) is 7.79. The molecule has 0 spiro atoms. The molecule has 0 bridgehead atoms. The molecule has 5 heteroatoms. The minimum Gasteiger partial charge on any atom is -0.272 e. The van der Waals surface area contributed by atoms with Gasteiger partial charge in [-0.2, -0.15) is 15.5 Å². The van der Waals surface area contributed by atoms with Gasteiger partial charge >= 0.3 is 0 Å². The normalized spacial score (nSPS) is 10.8. The fourth-order valence-electron chi connectivity index (χ4n) is 2.79. The van der Waals surface area contributed by atoms with Crippen LogP contribution >= 0.6 is 0 Å². The van der Waals surface area contributed by atoms with Crippen LogP contribution < -0.4 is 0 Å². The number of aromatic nitrogens is 4. The highest BCUT2D eigenvalue weighted by Gasteiger charge is 2.09. The Morgan fingerprint density at radius 1 is 0.917 bits per heavy atom. The fraction of sp³-hybridized carbons (Fsp3) is 0.105. The number of nitriles is 1. The van der Waals surface area contributed by atoms with Crippen LogP contribution in [-0.2, 0) is 6.54 Å². The van der Waals surface area contributed by atoms with Gasteiger partial charge in [-0.3, -0.25) is 4.68 Å². The largest absolute Gasteiger partial charge is 0.272 e. The Kier molecular flexibility index (Phi) is 3.36. The molecule has 3 aromatic heterocycles. The van der Waals surface area contributed by atoms with E-state index >= 15 is 0 Å². The van der Waals surface area contributed by atoms with Crippen molar-refractivity contribution >= 4 is 5.52 Å². The lowest BCUT2D eigenvalue weighted by molar-refractivity contribution is 0.660. The van der Waals surface area contributed by atoms with Gasteiger partial charge < -0.3 is 0 Å². The van der Waals surface area contributed by atoms with Crippen LogP contribution in [0, 0.1) is 11.3 Å². The number of rotatable bonds is 3. The van der Waals surface area contributed by atoms with E-state index in [0.29, 0.717) is 5.56 Å². The van der Waals surface area contributed by atoms with Gasteiger partial charge in [-0.05, 0) is 30.7 Å². The number of hydrogen-bond donors (Lipinski definition) is 0. The van der Waals surface area contributed by atoms with Crippen molar-refractivity contribution < 1.29 is 0 Å². The maximum atomic E-state index is 8.92. The Hall–Kier alpha value is -3.39. The molecule has 0 atom stereocenters. The van der Waals surface area contributed by atoms with Gasteiger partial charge in [0.2, 0.25) is 0 Å². The number of nitrogens with zero attached hydrogens (tertiary/aromatic N) is 5. The van der Waals surface area contributed by atoms with Gasteiger partial charge in [0.25, 0.3) is 0 Å². The van der Waals surface area contributed by atoms with Crippen LogP contribution in [0.3, 0.4) is 0 Å². The monoisotopic (exact) mass is 313 g/mol. The molecule has 0 fully saturated rings. The van der Waals surface area contributed by atoms with Crippen LogP contribution in [0.1, 0.15) is 12.5 Å². The second-order valence-electron chi connectivity index (χ2n) is 5.58. The minimum atomic E-state index is 0.658. The third-order valence-corrected chi connectivity index (χ3v) is 4.13. The predicted octanol–water partition coefficient (Wildman–Crippen LogP) is 3.76. The van der Waals surface area contributed by atoms with E-state index in [1.165, 1.54) is 0 Å². The second kappa shape index (κ2) is 5.67. The van der Waals surface area contributed by atoms with E-state index in [-0.39, 0.29) is 0 Å². The summed E-state index contributed by atoms with van der Waals surface area (Å²) in [5.41, 5.74) is 5.95. The van der Waals surface area contributed by atoms with Crippen molar-refractivity contribution in [1.29, 1.82) is 5.26 Å². The van der Waals surface area contributed by atoms with Gasteiger partial charge in [-0.25, -0.2) is 4.52 Å². The SMILES string of the molecule is CCn1cc(-c2ccc3c(-c4ccc(C#N)cc4)cnn3c2)cn1. The second-order valence-corrected chi connectivity index (χ2v) is 5.58. The molecule has 116 valence electrons. The zero-order valence-electron chi connectivity index (χ0n) is 13.2. The van der Waals surface area contributed by atoms with E-state index in [2.05, 4.69) is 35.3 Å². The van der Waals surface area contributed by atoms with Crippen LogP contribution in [-0.4, -0.2) is 19.4 Å². The fourth-order valence-corrected chi connectivity index (χ4v) is 2.79. The lowest BCUT2D eigenvalue weighted by Gasteiger charge is -2.02. The summed E-state index contributed by atoms with van der Waals surface area (Å²) in [5.74, 6) is 0. The molecule has 5 nitrogen and oxygen atoms in total. The van der Waals surface area contributed by atoms with Crippen molar-refractivity contribution in [3.8, 4) is 28.3 Å². The van der Waals surface area contributed by atoms with Crippen molar-refractivity contribution in [1.82, 2.24) is 19.4 Å². The number of fused-ring (bicyclic) bond motifs is 1. The number of pyridine rings is 1. The first kappa shape index (κ1) is 14.2. The first-order chi connectivity index (χ1) is 11.8. The lowest BCUT2D eigenvalue weighted by Crippen LogP contribution is -1.92. The van der Waals surface area contributed by atoms with E-state index in [0.717, 1.165) is 34.3 Å². The van der Waals surface area contributed by atoms with Gasteiger partial charge in [0.1, 0.15) is 0 Å². The Bertz CT molecular complexity index is 1050. The molecular weight excluding hydrogens is 298 g/mol. The number of benzene rings is 1. The van der Waals surface area contributed by atoms with Crippen LogP contribution in [0.5, 0.6) is 0 Å². The van der Waals surface area contributed by atoms with Crippen LogP contribution in [0.25, 0.3) is 27.8 Å². The molecule has 24 heavy (non-hydrogen) atoms. The summed E-state index contributed by atoms with van der Waals surface area (Å²) in [7, 11) is 0. The van der Waals surface area contributed by atoms with Crippen molar-refractivity contribution in [2.45, 2.75) is 13.5 Å². The van der Waals surface area contributed by atoms with E-state index in [1.54, 1.807) is 0 Å². The molecule has 0 radical (unpaired) electrons. The van der Waals surface area contributed by atoms with Crippen LogP contribution in [0.15, 0.2) is 61.2 Å². The highest BCUT2D eigenvalue weighted by atomic mass is 15.3. The maximum Gasteiger partial charge on any atom is 0.0991 e. The minimum absolute atomic E-state index is 0.658. The molecule has 0 aliphatic carbocycles. The Morgan fingerprint density at radius 3 is 2.42 bits per heavy atom. The van der Waals surface area contributed by atoms with E-state index < -0.39 is 0 Å². The third-order valence-electron chi connectivity index (χ3n) is 4.13. The molecule has 4 rings (SSSR count). The summed E-state index contributed by atoms with van der Waals surface area (Å²) in [6, 6.07) is 13.9. The molecule has 0 aliphatic heterocycles. The topological polar surface area (TPSA) is 58.9 Å². The quantitative estimate of drug-likeness (QED) is 0.578. The van der Waals surface area contributed by atoms with Crippen LogP contribution in [0.4, 0.5) is 0 Å². The Morgan fingerprint density at radius 2 is 1.71 bits per heavy atom. The van der Waals surface area contributed by atoms with Crippen molar-refractivity contribution in [3.63, 3.8) is 0 Å². The molecular formula is C19H15N5. The van der Waals surface area contributed by atoms with Gasteiger partial charge in [-0.15, -0.1) is 0 Å². The van der Waals surface area contributed by atoms with Gasteiger partial charge in [0, 0.05) is 35.6 Å². The molecule has 0 N–H and O–H groups in total. The first-order valence-corrected chi connectivity index (χ1v) is 7.79. The predicted molar refractivity (Wildman–Crippen MR) is 92.2 cm³/mol. The average Bonchev–Trinajstić information content (AvgIpc) is 3.28. The highest BCUT2D eigenvalue weighted by molar-refractivity contribution is 5.81. The lowest BCUT2D eigenvalue weighted by atomic mass is 10.1. The van der Waals surface area contributed by atoms with Crippen molar-refractivity contribution in [2.24, 2.45) is 0 Å². The third kappa shape index (κ3) is 2.34. The molecule has 0 unspecified atom stereocenters. The summed E-state index contributed by atoms with van der Waals surface area (Å²) in [5, 5.41) is 17.7. The van der Waals surface area contributed by atoms with E-state index in [1.807, 2.05) is 58.3 Å². The standard InChI is InChI=1S/C19H15N5/c1-2-23-12-17(10-21-23)16-7-8-19-18(11-22-24(19)13-16)15-5-3-14(9-20)4-6-15/h3-8,10-13H,2H2,1H3. The number of aryl methyl sites for hydroxylation is 1. The summed E-state index contributed by atoms with van der Waals surface area (Å²) in [4.78, 5) is 0. The van der Waals surface area contributed by atoms with Gasteiger partial charge in [0.15, 0.2) is 0 Å². The van der Waals surface area contributed by atoms with Crippen molar-refractivity contribution in [2.75, 3.05) is 0 Å². The average molecular weight is 313 g/mol. The Labute approximate surface area is 139 Å². The molecule has 0 saturated carbocycles. The molecule has 0 amide bonds. The smallest absolute Gasteiger partial charge is 0.0991 e. The summed E-state index contributed by atoms with van der Waals surface area (Å²) >= 11 is 0. The van der Waals surface area contributed by atoms with E-state index in [4.69, 9.17) is 5.26 Å². The van der Waals surface area contributed by atoms with Crippen LogP contribution in [0.2, 0.25) is 0 Å². The van der Waals surface area contributed by atoms with Gasteiger partial charge in [0.05, 0.1) is 29.5 Å². The molecule has 3 heterocycles. The molecule has 0 aliphatic rings. The zero-order chi connectivity index (χ0) is 16.5. The molecule has 0 saturated heterocycles. The summed E-state index contributed by atoms with van der Waals surface area (Å²) in [6.07, 6.45) is 7.78. The van der Waals surface area contributed by atoms with Gasteiger partial charge in [-0.1, -0.05) is 18.2 Å². The molecule has 1 aromatic carbocycles. The Balaban J connectivity index is 1.76. The van der Waals surface area contributed by atoms with Crippen molar-refractivity contribution in [3.05, 3.63) is 66.7 Å². The maximum absolute atomic E-state index is 8.92. The zero-order valence-corrected chi connectivity index (χ0v) is 13.2.